The zero-order chi connectivity index (χ0) is 20.6. The second kappa shape index (κ2) is 7.26. The molecule has 28 heavy (non-hydrogen) atoms. The van der Waals surface area contributed by atoms with Crippen LogP contribution in [-0.2, 0) is 9.59 Å². The van der Waals surface area contributed by atoms with Gasteiger partial charge in [0, 0.05) is 11.8 Å². The summed E-state index contributed by atoms with van der Waals surface area (Å²) in [6.45, 7) is 6.91. The summed E-state index contributed by atoms with van der Waals surface area (Å²) in [6, 6.07) is 7.15. The van der Waals surface area contributed by atoms with Crippen molar-refractivity contribution in [1.29, 1.82) is 0 Å². The Morgan fingerprint density at radius 3 is 2.71 bits per heavy atom. The van der Waals surface area contributed by atoms with Crippen molar-refractivity contribution in [3.05, 3.63) is 51.6 Å². The lowest BCUT2D eigenvalue weighted by Crippen LogP contribution is -2.53. The summed E-state index contributed by atoms with van der Waals surface area (Å²) in [7, 11) is 0. The average Bonchev–Trinajstić information content (AvgIpc) is 2.65. The highest BCUT2D eigenvalue weighted by atomic mass is 16.6. The largest absolute Gasteiger partial charge is 0.475 e. The number of nitro groups is 1. The predicted molar refractivity (Wildman–Crippen MR) is 102 cm³/mol. The Bertz CT molecular complexity index is 975. The number of hydrogen-bond donors (Lipinski definition) is 1. The van der Waals surface area contributed by atoms with E-state index >= 15 is 0 Å². The Morgan fingerprint density at radius 2 is 2.04 bits per heavy atom. The van der Waals surface area contributed by atoms with E-state index in [0.717, 1.165) is 16.0 Å². The van der Waals surface area contributed by atoms with Crippen LogP contribution in [0.5, 0.6) is 5.75 Å². The van der Waals surface area contributed by atoms with E-state index in [4.69, 9.17) is 4.74 Å². The van der Waals surface area contributed by atoms with Crippen molar-refractivity contribution in [3.8, 4) is 5.75 Å². The molecule has 9 heteroatoms. The van der Waals surface area contributed by atoms with Crippen molar-refractivity contribution in [3.63, 3.8) is 0 Å². The first kappa shape index (κ1) is 19.3. The van der Waals surface area contributed by atoms with Crippen molar-refractivity contribution >= 4 is 29.1 Å². The number of ether oxygens (including phenoxy) is 1. The molecule has 2 heterocycles. The number of aryl methyl sites for hydroxylation is 1. The second-order valence-electron chi connectivity index (χ2n) is 6.63. The number of amides is 2. The van der Waals surface area contributed by atoms with Gasteiger partial charge in [-0.2, -0.15) is 0 Å². The minimum absolute atomic E-state index is 0.0408. The molecule has 146 valence electrons. The van der Waals surface area contributed by atoms with Gasteiger partial charge >= 0.3 is 5.82 Å². The van der Waals surface area contributed by atoms with E-state index in [1.807, 2.05) is 26.0 Å². The Morgan fingerprint density at radius 1 is 1.32 bits per heavy atom. The third-order valence-corrected chi connectivity index (χ3v) is 4.76. The van der Waals surface area contributed by atoms with Crippen molar-refractivity contribution in [2.24, 2.45) is 0 Å². The van der Waals surface area contributed by atoms with Crippen LogP contribution in [0.4, 0.5) is 17.3 Å². The van der Waals surface area contributed by atoms with Gasteiger partial charge in [0.25, 0.3) is 11.7 Å². The molecule has 1 aromatic carbocycles. The molecule has 0 saturated heterocycles. The number of nitrogens with zero attached hydrogens (tertiary/aromatic N) is 3. The normalized spacial score (nSPS) is 16.8. The Labute approximate surface area is 161 Å². The molecule has 2 unspecified atom stereocenters. The summed E-state index contributed by atoms with van der Waals surface area (Å²) in [5.41, 5.74) is 2.57. The number of anilines is 2. The van der Waals surface area contributed by atoms with Crippen molar-refractivity contribution in [2.75, 3.05) is 10.2 Å². The Balaban J connectivity index is 1.96. The molecule has 9 nitrogen and oxygen atoms in total. The van der Waals surface area contributed by atoms with Gasteiger partial charge in [-0.25, -0.2) is 0 Å². The molecule has 1 N–H and O–H groups in total. The summed E-state index contributed by atoms with van der Waals surface area (Å²) in [4.78, 5) is 41.0. The van der Waals surface area contributed by atoms with E-state index in [9.17, 15) is 19.7 Å². The molecule has 0 radical (unpaired) electrons. The zero-order valence-corrected chi connectivity index (χ0v) is 15.9. The summed E-state index contributed by atoms with van der Waals surface area (Å²) >= 11 is 0. The number of carbonyl (C=O) groups is 2. The number of hydrogen-bond acceptors (Lipinski definition) is 6. The third kappa shape index (κ3) is 3.38. The van der Waals surface area contributed by atoms with Gasteiger partial charge in [0.15, 0.2) is 11.9 Å². The van der Waals surface area contributed by atoms with Crippen LogP contribution in [0.3, 0.4) is 0 Å². The number of nitrogens with one attached hydrogen (secondary N) is 1. The van der Waals surface area contributed by atoms with Crippen LogP contribution >= 0.6 is 0 Å². The van der Waals surface area contributed by atoms with Gasteiger partial charge in [0.2, 0.25) is 5.91 Å². The first-order valence-electron chi connectivity index (χ1n) is 8.73. The van der Waals surface area contributed by atoms with Crippen LogP contribution in [0.25, 0.3) is 0 Å². The van der Waals surface area contributed by atoms with E-state index in [-0.39, 0.29) is 11.6 Å². The summed E-state index contributed by atoms with van der Waals surface area (Å²) < 4.78 is 5.48. The number of fused-ring (bicyclic) bond motifs is 1. The number of carbonyl (C=O) groups excluding carboxylic acids is 2. The maximum atomic E-state index is 12.8. The van der Waals surface area contributed by atoms with Gasteiger partial charge in [-0.3, -0.25) is 14.5 Å². The van der Waals surface area contributed by atoms with E-state index in [0.29, 0.717) is 5.69 Å². The maximum absolute atomic E-state index is 12.8. The monoisotopic (exact) mass is 384 g/mol. The first-order valence-corrected chi connectivity index (χ1v) is 8.73. The number of benzene rings is 1. The molecule has 2 atom stereocenters. The highest BCUT2D eigenvalue weighted by molar-refractivity contribution is 6.07. The highest BCUT2D eigenvalue weighted by Gasteiger charge is 2.41. The minimum atomic E-state index is -0.952. The van der Waals surface area contributed by atoms with Crippen molar-refractivity contribution in [1.82, 2.24) is 4.98 Å². The molecule has 2 aromatic rings. The van der Waals surface area contributed by atoms with Gasteiger partial charge in [-0.1, -0.05) is 12.1 Å². The summed E-state index contributed by atoms with van der Waals surface area (Å²) in [6.07, 6.45) is -0.841. The van der Waals surface area contributed by atoms with E-state index in [1.165, 1.54) is 12.1 Å². The van der Waals surface area contributed by atoms with Crippen LogP contribution in [0, 0.1) is 24.0 Å². The lowest BCUT2D eigenvalue weighted by Gasteiger charge is -2.32. The third-order valence-electron chi connectivity index (χ3n) is 4.76. The molecule has 0 spiro atoms. The fourth-order valence-corrected chi connectivity index (χ4v) is 2.95. The van der Waals surface area contributed by atoms with Crippen molar-refractivity contribution < 1.29 is 19.2 Å². The molecular formula is C19H20N4O5. The fourth-order valence-electron chi connectivity index (χ4n) is 2.95. The molecule has 0 bridgehead atoms. The lowest BCUT2D eigenvalue weighted by molar-refractivity contribution is -0.389. The van der Waals surface area contributed by atoms with Gasteiger partial charge < -0.3 is 20.2 Å². The smallest absolute Gasteiger partial charge is 0.366 e. The van der Waals surface area contributed by atoms with E-state index < -0.39 is 34.7 Å². The van der Waals surface area contributed by atoms with Crippen LogP contribution < -0.4 is 15.0 Å². The van der Waals surface area contributed by atoms with Crippen LogP contribution in [0.1, 0.15) is 25.0 Å². The van der Waals surface area contributed by atoms with Crippen LogP contribution in [0.2, 0.25) is 0 Å². The molecule has 0 aliphatic carbocycles. The molecular weight excluding hydrogens is 364 g/mol. The number of aromatic nitrogens is 1. The SMILES string of the molecule is Cc1cccc(NC(=O)C(C)N2C(=O)C(C)Oc3ccc([N+](=O)[O-])nc32)c1C. The van der Waals surface area contributed by atoms with Crippen LogP contribution in [0.15, 0.2) is 30.3 Å². The van der Waals surface area contributed by atoms with Gasteiger partial charge in [-0.15, -0.1) is 0 Å². The van der Waals surface area contributed by atoms with E-state index in [1.54, 1.807) is 19.9 Å². The topological polar surface area (TPSA) is 115 Å². The molecule has 1 aliphatic heterocycles. The summed E-state index contributed by atoms with van der Waals surface area (Å²) in [5, 5.41) is 13.9. The van der Waals surface area contributed by atoms with E-state index in [2.05, 4.69) is 10.3 Å². The Kier molecular flexibility index (Phi) is 5.00. The minimum Gasteiger partial charge on any atom is -0.475 e. The predicted octanol–water partition coefficient (Wildman–Crippen LogP) is 2.75. The average molecular weight is 384 g/mol. The van der Waals surface area contributed by atoms with Gasteiger partial charge in [0.1, 0.15) is 6.04 Å². The van der Waals surface area contributed by atoms with Gasteiger partial charge in [-0.05, 0) is 60.9 Å². The summed E-state index contributed by atoms with van der Waals surface area (Å²) in [5.74, 6) is -1.19. The zero-order valence-electron chi connectivity index (χ0n) is 15.9. The molecule has 3 rings (SSSR count). The standard InChI is InChI=1S/C19H20N4O5/c1-10-6-5-7-14(11(10)2)20-18(24)12(3)22-17-15(28-13(4)19(22)25)8-9-16(21-17)23(26)27/h5-9,12-13H,1-4H3,(H,20,24). The molecule has 1 aliphatic rings. The first-order chi connectivity index (χ1) is 13.2. The maximum Gasteiger partial charge on any atom is 0.366 e. The lowest BCUT2D eigenvalue weighted by atomic mass is 10.1. The van der Waals surface area contributed by atoms with Gasteiger partial charge in [0.05, 0.1) is 0 Å². The molecule has 0 fully saturated rings. The Hall–Kier alpha value is -3.49. The number of pyridine rings is 1. The molecule has 0 saturated carbocycles. The highest BCUT2D eigenvalue weighted by Crippen LogP contribution is 2.35. The molecule has 1 aromatic heterocycles. The quantitative estimate of drug-likeness (QED) is 0.640. The molecule has 2 amide bonds. The fraction of sp³-hybridized carbons (Fsp3) is 0.316. The van der Waals surface area contributed by atoms with Crippen LogP contribution in [-0.4, -0.2) is 33.9 Å². The second-order valence-corrected chi connectivity index (χ2v) is 6.63. The number of rotatable bonds is 4. The van der Waals surface area contributed by atoms with Crippen molar-refractivity contribution in [2.45, 2.75) is 39.8 Å².